The number of carbonyl (C=O) groups excluding carboxylic acids is 1. The molecule has 33 heavy (non-hydrogen) atoms. The van der Waals surface area contributed by atoms with Crippen molar-refractivity contribution in [1.29, 1.82) is 0 Å². The van der Waals surface area contributed by atoms with Crippen molar-refractivity contribution in [2.45, 2.75) is 39.5 Å². The molecular formula is C23H28N4O5S. The molecule has 0 aliphatic carbocycles. The van der Waals surface area contributed by atoms with Crippen molar-refractivity contribution in [3.8, 4) is 17.1 Å². The molecule has 0 aliphatic rings. The van der Waals surface area contributed by atoms with Gasteiger partial charge in [-0.2, -0.15) is 4.98 Å². The Morgan fingerprint density at radius 2 is 1.85 bits per heavy atom. The van der Waals surface area contributed by atoms with Crippen LogP contribution in [-0.2, 0) is 21.2 Å². The molecule has 0 spiro atoms. The lowest BCUT2D eigenvalue weighted by Crippen LogP contribution is -2.18. The van der Waals surface area contributed by atoms with Gasteiger partial charge < -0.3 is 14.6 Å². The third kappa shape index (κ3) is 6.79. The van der Waals surface area contributed by atoms with E-state index in [1.54, 1.807) is 39.2 Å². The van der Waals surface area contributed by atoms with Gasteiger partial charge in [-0.1, -0.05) is 18.1 Å². The number of rotatable bonds is 11. The van der Waals surface area contributed by atoms with Crippen LogP contribution in [0.2, 0.25) is 0 Å². The van der Waals surface area contributed by atoms with Crippen molar-refractivity contribution in [3.05, 3.63) is 53.9 Å². The van der Waals surface area contributed by atoms with E-state index in [4.69, 9.17) is 9.26 Å². The van der Waals surface area contributed by atoms with Crippen LogP contribution in [0.25, 0.3) is 11.4 Å². The molecule has 9 nitrogen and oxygen atoms in total. The lowest BCUT2D eigenvalue weighted by molar-refractivity contribution is -0.116. The number of anilines is 2. The first-order valence-corrected chi connectivity index (χ1v) is 12.3. The topological polar surface area (TPSA) is 123 Å². The van der Waals surface area contributed by atoms with Crippen molar-refractivity contribution in [2.75, 3.05) is 22.9 Å². The number of nitrogens with one attached hydrogen (secondary N) is 2. The van der Waals surface area contributed by atoms with Crippen LogP contribution in [0, 0.1) is 6.92 Å². The summed E-state index contributed by atoms with van der Waals surface area (Å²) in [4.78, 5) is 16.8. The van der Waals surface area contributed by atoms with Crippen molar-refractivity contribution >= 4 is 27.3 Å². The summed E-state index contributed by atoms with van der Waals surface area (Å²) in [6.45, 7) is 3.56. The Balaban J connectivity index is 1.53. The number of hydrogen-bond donors (Lipinski definition) is 2. The molecule has 0 unspecified atom stereocenters. The number of benzene rings is 2. The molecule has 0 aliphatic heterocycles. The molecule has 0 radical (unpaired) electrons. The van der Waals surface area contributed by atoms with Gasteiger partial charge >= 0.3 is 0 Å². The predicted octanol–water partition coefficient (Wildman–Crippen LogP) is 4.17. The van der Waals surface area contributed by atoms with Gasteiger partial charge in [0.1, 0.15) is 5.75 Å². The summed E-state index contributed by atoms with van der Waals surface area (Å²) in [5.74, 6) is 1.54. The first kappa shape index (κ1) is 24.2. The number of ether oxygens (including phenoxy) is 1. The van der Waals surface area contributed by atoms with Crippen molar-refractivity contribution in [2.24, 2.45) is 0 Å². The van der Waals surface area contributed by atoms with Crippen LogP contribution in [0.3, 0.4) is 0 Å². The van der Waals surface area contributed by atoms with Gasteiger partial charge in [0, 0.05) is 24.1 Å². The second kappa shape index (κ2) is 11.0. The summed E-state index contributed by atoms with van der Waals surface area (Å²) in [7, 11) is -1.81. The molecule has 0 saturated heterocycles. The van der Waals surface area contributed by atoms with Gasteiger partial charge in [0.2, 0.25) is 27.6 Å². The van der Waals surface area contributed by atoms with Crippen molar-refractivity contribution in [1.82, 2.24) is 10.1 Å². The molecule has 3 rings (SSSR count). The molecule has 3 aromatic rings. The van der Waals surface area contributed by atoms with E-state index in [-0.39, 0.29) is 18.1 Å². The van der Waals surface area contributed by atoms with E-state index in [9.17, 15) is 13.2 Å². The fourth-order valence-corrected chi connectivity index (χ4v) is 4.39. The minimum absolute atomic E-state index is 0.0406. The third-order valence-electron chi connectivity index (χ3n) is 4.96. The average Bonchev–Trinajstić information content (AvgIpc) is 3.25. The van der Waals surface area contributed by atoms with Gasteiger partial charge in [0.15, 0.2) is 0 Å². The van der Waals surface area contributed by atoms with Gasteiger partial charge in [-0.05, 0) is 61.7 Å². The Labute approximate surface area is 193 Å². The molecule has 2 N–H and O–H groups in total. The first-order chi connectivity index (χ1) is 15.8. The molecular weight excluding hydrogens is 444 g/mol. The zero-order chi connectivity index (χ0) is 23.8. The number of nitrogens with zero attached hydrogens (tertiary/aromatic N) is 2. The number of methoxy groups -OCH3 is 1. The van der Waals surface area contributed by atoms with Gasteiger partial charge in [0.05, 0.1) is 18.6 Å². The number of aromatic nitrogens is 2. The van der Waals surface area contributed by atoms with E-state index in [0.717, 1.165) is 11.3 Å². The molecule has 2 aromatic carbocycles. The zero-order valence-electron chi connectivity index (χ0n) is 18.9. The summed E-state index contributed by atoms with van der Waals surface area (Å²) in [5, 5.41) is 6.83. The molecule has 0 bridgehead atoms. The van der Waals surface area contributed by atoms with Crippen LogP contribution in [0.5, 0.6) is 5.75 Å². The third-order valence-corrected chi connectivity index (χ3v) is 6.43. The van der Waals surface area contributed by atoms with Gasteiger partial charge in [-0.3, -0.25) is 9.52 Å². The maximum atomic E-state index is 12.4. The van der Waals surface area contributed by atoms with Crippen LogP contribution < -0.4 is 14.8 Å². The highest BCUT2D eigenvalue weighted by atomic mass is 32.2. The van der Waals surface area contributed by atoms with E-state index in [1.807, 2.05) is 24.3 Å². The van der Waals surface area contributed by atoms with E-state index in [1.165, 1.54) is 0 Å². The molecule has 0 fully saturated rings. The first-order valence-electron chi connectivity index (χ1n) is 10.7. The van der Waals surface area contributed by atoms with E-state index >= 15 is 0 Å². The van der Waals surface area contributed by atoms with E-state index < -0.39 is 10.0 Å². The number of hydrogen-bond acceptors (Lipinski definition) is 7. The quantitative estimate of drug-likeness (QED) is 0.429. The maximum Gasteiger partial charge on any atom is 0.232 e. The summed E-state index contributed by atoms with van der Waals surface area (Å²) in [5.41, 5.74) is 2.49. The van der Waals surface area contributed by atoms with Crippen LogP contribution in [-0.4, -0.2) is 37.3 Å². The van der Waals surface area contributed by atoms with Crippen LogP contribution >= 0.6 is 0 Å². The standard InChI is InChI=1S/C23H28N4O5S/c1-4-15-33(29,30)27-20-8-5-7-19(16(20)2)24-21(28)9-6-10-22-25-23(26-32-22)17-11-13-18(31-3)14-12-17/h5,7-8,11-14,27H,4,6,9-10,15H2,1-3H3,(H,24,28). The Morgan fingerprint density at radius 1 is 1.12 bits per heavy atom. The molecule has 0 atom stereocenters. The average molecular weight is 473 g/mol. The molecule has 0 saturated carbocycles. The maximum absolute atomic E-state index is 12.4. The number of carbonyl (C=O) groups is 1. The number of aryl methyl sites for hydroxylation is 1. The Hall–Kier alpha value is -3.40. The lowest BCUT2D eigenvalue weighted by atomic mass is 10.1. The summed E-state index contributed by atoms with van der Waals surface area (Å²) < 4.78 is 37.1. The van der Waals surface area contributed by atoms with Gasteiger partial charge in [0.25, 0.3) is 0 Å². The SMILES string of the molecule is CCCS(=O)(=O)Nc1cccc(NC(=O)CCCc2nc(-c3ccc(OC)cc3)no2)c1C. The number of amides is 1. The highest BCUT2D eigenvalue weighted by Crippen LogP contribution is 2.25. The summed E-state index contributed by atoms with van der Waals surface area (Å²) in [6, 6.07) is 12.5. The predicted molar refractivity (Wildman–Crippen MR) is 127 cm³/mol. The monoisotopic (exact) mass is 472 g/mol. The molecule has 1 amide bonds. The fraction of sp³-hybridized carbons (Fsp3) is 0.348. The Bertz CT molecular complexity index is 1190. The molecule has 1 heterocycles. The van der Waals surface area contributed by atoms with Crippen molar-refractivity contribution < 1.29 is 22.5 Å². The highest BCUT2D eigenvalue weighted by Gasteiger charge is 2.14. The van der Waals surface area contributed by atoms with E-state index in [2.05, 4.69) is 20.2 Å². The van der Waals surface area contributed by atoms with E-state index in [0.29, 0.717) is 47.9 Å². The number of sulfonamides is 1. The van der Waals surface area contributed by atoms with Crippen LogP contribution in [0.1, 0.15) is 37.6 Å². The zero-order valence-corrected chi connectivity index (χ0v) is 19.7. The highest BCUT2D eigenvalue weighted by molar-refractivity contribution is 7.92. The second-order valence-electron chi connectivity index (χ2n) is 7.54. The Kier molecular flexibility index (Phi) is 8.05. The normalized spacial score (nSPS) is 11.2. The molecule has 176 valence electrons. The minimum Gasteiger partial charge on any atom is -0.497 e. The second-order valence-corrected chi connectivity index (χ2v) is 9.38. The fourth-order valence-electron chi connectivity index (χ4n) is 3.20. The summed E-state index contributed by atoms with van der Waals surface area (Å²) in [6.07, 6.45) is 1.77. The molecule has 1 aromatic heterocycles. The smallest absolute Gasteiger partial charge is 0.232 e. The van der Waals surface area contributed by atoms with Crippen LogP contribution in [0.4, 0.5) is 11.4 Å². The molecule has 10 heteroatoms. The van der Waals surface area contributed by atoms with Gasteiger partial charge in [-0.15, -0.1) is 0 Å². The van der Waals surface area contributed by atoms with Crippen molar-refractivity contribution in [3.63, 3.8) is 0 Å². The summed E-state index contributed by atoms with van der Waals surface area (Å²) >= 11 is 0. The Morgan fingerprint density at radius 3 is 2.55 bits per heavy atom. The largest absolute Gasteiger partial charge is 0.497 e. The lowest BCUT2D eigenvalue weighted by Gasteiger charge is -2.14. The minimum atomic E-state index is -3.41. The van der Waals surface area contributed by atoms with Crippen LogP contribution in [0.15, 0.2) is 47.0 Å². The van der Waals surface area contributed by atoms with Gasteiger partial charge in [-0.25, -0.2) is 8.42 Å².